The Morgan fingerprint density at radius 3 is 2.92 bits per heavy atom. The molecule has 7 nitrogen and oxygen atoms in total. The number of hydrogen-bond acceptors (Lipinski definition) is 4. The van der Waals surface area contributed by atoms with Gasteiger partial charge in [-0.15, -0.1) is 0 Å². The largest absolute Gasteiger partial charge is 0.377 e. The normalized spacial score (nSPS) is 11.1. The van der Waals surface area contributed by atoms with Gasteiger partial charge >= 0.3 is 0 Å². The van der Waals surface area contributed by atoms with Crippen LogP contribution in [-0.2, 0) is 29.2 Å². The zero-order chi connectivity index (χ0) is 16.9. The van der Waals surface area contributed by atoms with Crippen LogP contribution < -0.4 is 5.32 Å². The maximum atomic E-state index is 12.3. The summed E-state index contributed by atoms with van der Waals surface area (Å²) in [7, 11) is 1.62. The average Bonchev–Trinajstić information content (AvgIpc) is 3.13. The van der Waals surface area contributed by atoms with Crippen LogP contribution in [0.15, 0.2) is 36.7 Å². The number of benzene rings is 1. The van der Waals surface area contributed by atoms with Crippen LogP contribution in [-0.4, -0.2) is 38.7 Å². The van der Waals surface area contributed by atoms with Crippen molar-refractivity contribution in [3.8, 4) is 0 Å². The van der Waals surface area contributed by atoms with Crippen molar-refractivity contribution in [1.29, 1.82) is 0 Å². The van der Waals surface area contributed by atoms with E-state index in [1.165, 1.54) is 0 Å². The van der Waals surface area contributed by atoms with Gasteiger partial charge in [-0.3, -0.25) is 4.79 Å². The van der Waals surface area contributed by atoms with Crippen molar-refractivity contribution in [1.82, 2.24) is 24.4 Å². The minimum atomic E-state index is -0.0479. The molecule has 0 unspecified atom stereocenters. The Hall–Kier alpha value is -2.67. The van der Waals surface area contributed by atoms with Gasteiger partial charge in [-0.05, 0) is 19.1 Å². The number of aryl methyl sites for hydroxylation is 1. The fraction of sp³-hybridized carbons (Fsp3) is 0.353. The first-order valence-corrected chi connectivity index (χ1v) is 7.86. The first-order chi connectivity index (χ1) is 11.7. The first kappa shape index (κ1) is 16.2. The molecule has 0 fully saturated rings. The van der Waals surface area contributed by atoms with E-state index in [0.717, 1.165) is 22.7 Å². The van der Waals surface area contributed by atoms with E-state index in [4.69, 9.17) is 4.74 Å². The van der Waals surface area contributed by atoms with Gasteiger partial charge in [-0.1, -0.05) is 12.1 Å². The number of aromatic nitrogens is 4. The molecule has 0 aliphatic carbocycles. The Morgan fingerprint density at radius 2 is 2.17 bits per heavy atom. The van der Waals surface area contributed by atoms with Gasteiger partial charge in [-0.25, -0.2) is 9.97 Å². The SMILES string of the molecule is COCc1nc2ccccc2n1CC(=O)NCCn1ccnc1C. The van der Waals surface area contributed by atoms with Gasteiger partial charge in [0.1, 0.15) is 24.8 Å². The summed E-state index contributed by atoms with van der Waals surface area (Å²) in [6, 6.07) is 7.77. The number of para-hydroxylation sites is 2. The number of carbonyl (C=O) groups excluding carboxylic acids is 1. The van der Waals surface area contributed by atoms with Crippen molar-refractivity contribution in [3.63, 3.8) is 0 Å². The molecular formula is C17H21N5O2. The van der Waals surface area contributed by atoms with Gasteiger partial charge in [0.2, 0.25) is 5.91 Å². The highest BCUT2D eigenvalue weighted by Gasteiger charge is 2.13. The highest BCUT2D eigenvalue weighted by Crippen LogP contribution is 2.16. The molecule has 126 valence electrons. The zero-order valence-corrected chi connectivity index (χ0v) is 13.9. The standard InChI is InChI=1S/C17H21N5O2/c1-13-18-7-9-21(13)10-8-19-17(23)11-22-15-6-4-3-5-14(15)20-16(22)12-24-2/h3-7,9H,8,10-12H2,1-2H3,(H,19,23). The third-order valence-corrected chi connectivity index (χ3v) is 3.91. The smallest absolute Gasteiger partial charge is 0.240 e. The number of nitrogens with one attached hydrogen (secondary N) is 1. The average molecular weight is 327 g/mol. The molecule has 0 bridgehead atoms. The minimum Gasteiger partial charge on any atom is -0.377 e. The van der Waals surface area contributed by atoms with E-state index in [9.17, 15) is 4.79 Å². The molecule has 1 N–H and O–H groups in total. The summed E-state index contributed by atoms with van der Waals surface area (Å²) in [5.41, 5.74) is 1.80. The molecule has 1 amide bonds. The topological polar surface area (TPSA) is 74.0 Å². The van der Waals surface area contributed by atoms with E-state index in [1.807, 2.05) is 46.5 Å². The molecular weight excluding hydrogens is 306 g/mol. The van der Waals surface area contributed by atoms with Crippen LogP contribution in [0, 0.1) is 6.92 Å². The van der Waals surface area contributed by atoms with Crippen LogP contribution in [0.25, 0.3) is 11.0 Å². The molecule has 24 heavy (non-hydrogen) atoms. The molecule has 0 radical (unpaired) electrons. The van der Waals surface area contributed by atoms with Gasteiger partial charge in [0, 0.05) is 32.6 Å². The van der Waals surface area contributed by atoms with Crippen LogP contribution in [0.2, 0.25) is 0 Å². The maximum Gasteiger partial charge on any atom is 0.240 e. The molecule has 2 heterocycles. The Labute approximate surface area is 140 Å². The number of amides is 1. The summed E-state index contributed by atoms with van der Waals surface area (Å²) < 4.78 is 9.10. The van der Waals surface area contributed by atoms with Crippen LogP contribution in [0.4, 0.5) is 0 Å². The summed E-state index contributed by atoms with van der Waals surface area (Å²) in [6.07, 6.45) is 3.66. The summed E-state index contributed by atoms with van der Waals surface area (Å²) >= 11 is 0. The Balaban J connectivity index is 1.66. The number of ether oxygens (including phenoxy) is 1. The van der Waals surface area contributed by atoms with Crippen LogP contribution in [0.5, 0.6) is 0 Å². The van der Waals surface area contributed by atoms with E-state index >= 15 is 0 Å². The summed E-state index contributed by atoms with van der Waals surface area (Å²) in [5, 5.41) is 2.94. The van der Waals surface area contributed by atoms with Gasteiger partial charge in [0.25, 0.3) is 0 Å². The summed E-state index contributed by atoms with van der Waals surface area (Å²) in [4.78, 5) is 21.0. The molecule has 0 saturated heterocycles. The summed E-state index contributed by atoms with van der Waals surface area (Å²) in [5.74, 6) is 1.64. The Morgan fingerprint density at radius 1 is 1.33 bits per heavy atom. The molecule has 0 spiro atoms. The van der Waals surface area contributed by atoms with E-state index in [-0.39, 0.29) is 12.5 Å². The maximum absolute atomic E-state index is 12.3. The predicted molar refractivity (Wildman–Crippen MR) is 90.4 cm³/mol. The third-order valence-electron chi connectivity index (χ3n) is 3.91. The number of imidazole rings is 2. The second kappa shape index (κ2) is 7.27. The molecule has 0 saturated carbocycles. The fourth-order valence-electron chi connectivity index (χ4n) is 2.70. The van der Waals surface area contributed by atoms with Gasteiger partial charge in [-0.2, -0.15) is 0 Å². The van der Waals surface area contributed by atoms with Crippen LogP contribution in [0.3, 0.4) is 0 Å². The third kappa shape index (κ3) is 3.46. The highest BCUT2D eigenvalue weighted by molar-refractivity contribution is 5.81. The molecule has 7 heteroatoms. The van der Waals surface area contributed by atoms with Crippen LogP contribution in [0.1, 0.15) is 11.6 Å². The van der Waals surface area contributed by atoms with Crippen LogP contribution >= 0.6 is 0 Å². The van der Waals surface area contributed by atoms with E-state index < -0.39 is 0 Å². The molecule has 1 aromatic carbocycles. The number of nitrogens with zero attached hydrogens (tertiary/aromatic N) is 4. The van der Waals surface area contributed by atoms with Crippen molar-refractivity contribution in [3.05, 3.63) is 48.3 Å². The quantitative estimate of drug-likeness (QED) is 0.714. The van der Waals surface area contributed by atoms with Gasteiger partial charge in [0.05, 0.1) is 11.0 Å². The number of rotatable bonds is 7. The van der Waals surface area contributed by atoms with Gasteiger partial charge < -0.3 is 19.2 Å². The van der Waals surface area contributed by atoms with Crippen molar-refractivity contribution in [2.45, 2.75) is 26.6 Å². The Bertz CT molecular complexity index is 836. The lowest BCUT2D eigenvalue weighted by molar-refractivity contribution is -0.121. The highest BCUT2D eigenvalue weighted by atomic mass is 16.5. The summed E-state index contributed by atoms with van der Waals surface area (Å²) in [6.45, 7) is 3.80. The lowest BCUT2D eigenvalue weighted by atomic mass is 10.3. The minimum absolute atomic E-state index is 0.0479. The molecule has 2 aromatic heterocycles. The lowest BCUT2D eigenvalue weighted by Gasteiger charge is -2.10. The zero-order valence-electron chi connectivity index (χ0n) is 13.9. The van der Waals surface area contributed by atoms with E-state index in [1.54, 1.807) is 13.3 Å². The molecule has 0 aliphatic heterocycles. The number of hydrogen-bond donors (Lipinski definition) is 1. The van der Waals surface area contributed by atoms with Crippen molar-refractivity contribution < 1.29 is 9.53 Å². The monoisotopic (exact) mass is 327 g/mol. The second-order valence-electron chi connectivity index (χ2n) is 5.55. The molecule has 0 aliphatic rings. The van der Waals surface area contributed by atoms with E-state index in [2.05, 4.69) is 15.3 Å². The number of carbonyl (C=O) groups is 1. The fourth-order valence-corrected chi connectivity index (χ4v) is 2.70. The molecule has 3 rings (SSSR count). The Kier molecular flexibility index (Phi) is 4.90. The number of methoxy groups -OCH3 is 1. The number of fused-ring (bicyclic) bond motifs is 1. The van der Waals surface area contributed by atoms with Crippen molar-refractivity contribution >= 4 is 16.9 Å². The van der Waals surface area contributed by atoms with Crippen molar-refractivity contribution in [2.75, 3.05) is 13.7 Å². The second-order valence-corrected chi connectivity index (χ2v) is 5.55. The van der Waals surface area contributed by atoms with E-state index in [0.29, 0.717) is 19.7 Å². The lowest BCUT2D eigenvalue weighted by Crippen LogP contribution is -2.31. The van der Waals surface area contributed by atoms with Gasteiger partial charge in [0.15, 0.2) is 0 Å². The predicted octanol–water partition coefficient (Wildman–Crippen LogP) is 1.50. The van der Waals surface area contributed by atoms with Crippen molar-refractivity contribution in [2.24, 2.45) is 0 Å². The molecule has 0 atom stereocenters. The molecule has 3 aromatic rings. The first-order valence-electron chi connectivity index (χ1n) is 7.86.